The first-order valence-corrected chi connectivity index (χ1v) is 8.00. The molecule has 2 rings (SSSR count). The highest BCUT2D eigenvalue weighted by molar-refractivity contribution is 7.15. The monoisotopic (exact) mass is 303 g/mol. The number of anilines is 2. The van der Waals surface area contributed by atoms with Crippen LogP contribution in [0, 0.1) is 13.8 Å². The van der Waals surface area contributed by atoms with Gasteiger partial charge in [0.05, 0.1) is 0 Å². The molecule has 4 nitrogen and oxygen atoms in total. The average molecular weight is 303 g/mol. The van der Waals surface area contributed by atoms with Gasteiger partial charge in [-0.1, -0.05) is 19.4 Å². The van der Waals surface area contributed by atoms with Gasteiger partial charge in [0.15, 0.2) is 5.13 Å². The predicted molar refractivity (Wildman–Crippen MR) is 89.4 cm³/mol. The van der Waals surface area contributed by atoms with E-state index in [0.717, 1.165) is 35.5 Å². The Kier molecular flexibility index (Phi) is 5.33. The maximum atomic E-state index is 12.4. The first-order valence-electron chi connectivity index (χ1n) is 7.18. The van der Waals surface area contributed by atoms with Crippen LogP contribution in [0.4, 0.5) is 10.8 Å². The number of thiazole rings is 1. The topological polar surface area (TPSA) is 54.0 Å². The zero-order chi connectivity index (χ0) is 15.2. The number of carbonyl (C=O) groups excluding carboxylic acids is 1. The summed E-state index contributed by atoms with van der Waals surface area (Å²) < 4.78 is 0. The van der Waals surface area contributed by atoms with Crippen LogP contribution < -0.4 is 10.6 Å². The minimum Gasteiger partial charge on any atom is -0.385 e. The zero-order valence-electron chi connectivity index (χ0n) is 12.7. The molecule has 1 aromatic heterocycles. The van der Waals surface area contributed by atoms with Crippen molar-refractivity contribution in [1.82, 2.24) is 4.98 Å². The lowest BCUT2D eigenvalue weighted by Crippen LogP contribution is -2.14. The lowest BCUT2D eigenvalue weighted by Gasteiger charge is -2.10. The Hall–Kier alpha value is -1.88. The van der Waals surface area contributed by atoms with E-state index in [1.165, 1.54) is 11.3 Å². The molecule has 1 heterocycles. The third-order valence-corrected chi connectivity index (χ3v) is 4.01. The minimum absolute atomic E-state index is 0.110. The van der Waals surface area contributed by atoms with Crippen LogP contribution in [0.2, 0.25) is 0 Å². The predicted octanol–water partition coefficient (Wildman–Crippen LogP) is 4.22. The van der Waals surface area contributed by atoms with Crippen LogP contribution in [-0.2, 0) is 0 Å². The standard InChI is InChI=1S/C16H21N3OS/c1-4-5-8-17-13-7-6-11(2)14(9-13)15(20)19-16-18-10-12(3)21-16/h6-7,9-10,17H,4-5,8H2,1-3H3,(H,18,19,20). The fraction of sp³-hybridized carbons (Fsp3) is 0.375. The summed E-state index contributed by atoms with van der Waals surface area (Å²) in [7, 11) is 0. The smallest absolute Gasteiger partial charge is 0.257 e. The van der Waals surface area contributed by atoms with Crippen LogP contribution in [0.3, 0.4) is 0 Å². The molecule has 112 valence electrons. The zero-order valence-corrected chi connectivity index (χ0v) is 13.5. The molecule has 0 fully saturated rings. The number of unbranched alkanes of at least 4 members (excludes halogenated alkanes) is 1. The quantitative estimate of drug-likeness (QED) is 0.785. The lowest BCUT2D eigenvalue weighted by molar-refractivity contribution is 0.102. The molecular formula is C16H21N3OS. The molecule has 0 radical (unpaired) electrons. The molecule has 0 saturated heterocycles. The fourth-order valence-corrected chi connectivity index (χ4v) is 2.62. The molecular weight excluding hydrogens is 282 g/mol. The SMILES string of the molecule is CCCCNc1ccc(C)c(C(=O)Nc2ncc(C)s2)c1. The summed E-state index contributed by atoms with van der Waals surface area (Å²) in [6.07, 6.45) is 4.03. The molecule has 0 aliphatic carbocycles. The van der Waals surface area contributed by atoms with E-state index < -0.39 is 0 Å². The third kappa shape index (κ3) is 4.29. The summed E-state index contributed by atoms with van der Waals surface area (Å²) in [5.74, 6) is -0.110. The van der Waals surface area contributed by atoms with Crippen molar-refractivity contribution >= 4 is 28.1 Å². The van der Waals surface area contributed by atoms with Crippen molar-refractivity contribution in [3.8, 4) is 0 Å². The van der Waals surface area contributed by atoms with E-state index in [2.05, 4.69) is 22.5 Å². The highest BCUT2D eigenvalue weighted by Crippen LogP contribution is 2.20. The van der Waals surface area contributed by atoms with Crippen LogP contribution in [0.25, 0.3) is 0 Å². The molecule has 0 bridgehead atoms. The first-order chi connectivity index (χ1) is 10.1. The second kappa shape index (κ2) is 7.22. The Morgan fingerprint density at radius 3 is 2.81 bits per heavy atom. The van der Waals surface area contributed by atoms with E-state index in [0.29, 0.717) is 10.7 Å². The molecule has 0 atom stereocenters. The molecule has 0 unspecified atom stereocenters. The van der Waals surface area contributed by atoms with Crippen LogP contribution in [0.1, 0.15) is 40.6 Å². The van der Waals surface area contributed by atoms with E-state index in [9.17, 15) is 4.79 Å². The number of aromatic nitrogens is 1. The Balaban J connectivity index is 2.10. The fourth-order valence-electron chi connectivity index (χ4n) is 1.96. The number of aryl methyl sites for hydroxylation is 2. The number of nitrogens with zero attached hydrogens (tertiary/aromatic N) is 1. The third-order valence-electron chi connectivity index (χ3n) is 3.18. The van der Waals surface area contributed by atoms with E-state index >= 15 is 0 Å². The van der Waals surface area contributed by atoms with Gasteiger partial charge in [-0.2, -0.15) is 0 Å². The summed E-state index contributed by atoms with van der Waals surface area (Å²) in [6, 6.07) is 5.88. The van der Waals surface area contributed by atoms with Gasteiger partial charge in [-0.15, -0.1) is 11.3 Å². The summed E-state index contributed by atoms with van der Waals surface area (Å²) in [4.78, 5) is 17.6. The van der Waals surface area contributed by atoms with Gasteiger partial charge in [0, 0.05) is 28.9 Å². The number of rotatable bonds is 6. The average Bonchev–Trinajstić information content (AvgIpc) is 2.86. The van der Waals surface area contributed by atoms with Crippen LogP contribution >= 0.6 is 11.3 Å². The number of hydrogen-bond acceptors (Lipinski definition) is 4. The van der Waals surface area contributed by atoms with Crippen molar-refractivity contribution in [1.29, 1.82) is 0 Å². The highest BCUT2D eigenvalue weighted by Gasteiger charge is 2.11. The van der Waals surface area contributed by atoms with Crippen molar-refractivity contribution < 1.29 is 4.79 Å². The van der Waals surface area contributed by atoms with Gasteiger partial charge in [-0.25, -0.2) is 4.98 Å². The molecule has 2 aromatic rings. The molecule has 0 spiro atoms. The van der Waals surface area contributed by atoms with Crippen molar-refractivity contribution in [3.63, 3.8) is 0 Å². The molecule has 2 N–H and O–H groups in total. The largest absolute Gasteiger partial charge is 0.385 e. The Morgan fingerprint density at radius 1 is 1.33 bits per heavy atom. The molecule has 0 saturated carbocycles. The van der Waals surface area contributed by atoms with Gasteiger partial charge in [0.25, 0.3) is 5.91 Å². The minimum atomic E-state index is -0.110. The molecule has 1 amide bonds. The maximum absolute atomic E-state index is 12.4. The number of amides is 1. The summed E-state index contributed by atoms with van der Waals surface area (Å²) >= 11 is 1.48. The van der Waals surface area contributed by atoms with E-state index in [1.54, 1.807) is 6.20 Å². The normalized spacial score (nSPS) is 10.4. The molecule has 0 aliphatic heterocycles. The summed E-state index contributed by atoms with van der Waals surface area (Å²) in [5, 5.41) is 6.84. The van der Waals surface area contributed by atoms with Gasteiger partial charge < -0.3 is 5.32 Å². The van der Waals surface area contributed by atoms with E-state index in [-0.39, 0.29) is 5.91 Å². The van der Waals surface area contributed by atoms with Crippen molar-refractivity contribution in [3.05, 3.63) is 40.4 Å². The highest BCUT2D eigenvalue weighted by atomic mass is 32.1. The van der Waals surface area contributed by atoms with Crippen molar-refractivity contribution in [2.45, 2.75) is 33.6 Å². The molecule has 5 heteroatoms. The second-order valence-corrected chi connectivity index (χ2v) is 6.27. The maximum Gasteiger partial charge on any atom is 0.257 e. The Morgan fingerprint density at radius 2 is 2.14 bits per heavy atom. The molecule has 21 heavy (non-hydrogen) atoms. The summed E-state index contributed by atoms with van der Waals surface area (Å²) in [5.41, 5.74) is 2.63. The van der Waals surface area contributed by atoms with Crippen LogP contribution in [-0.4, -0.2) is 17.4 Å². The number of benzene rings is 1. The van der Waals surface area contributed by atoms with Crippen molar-refractivity contribution in [2.75, 3.05) is 17.2 Å². The summed E-state index contributed by atoms with van der Waals surface area (Å²) in [6.45, 7) is 6.99. The van der Waals surface area contributed by atoms with Gasteiger partial charge >= 0.3 is 0 Å². The van der Waals surface area contributed by atoms with Crippen LogP contribution in [0.15, 0.2) is 24.4 Å². The van der Waals surface area contributed by atoms with Gasteiger partial charge in [-0.05, 0) is 38.0 Å². The molecule has 1 aromatic carbocycles. The Bertz CT molecular complexity index is 622. The van der Waals surface area contributed by atoms with Gasteiger partial charge in [0.1, 0.15) is 0 Å². The first kappa shape index (κ1) is 15.5. The number of nitrogens with one attached hydrogen (secondary N) is 2. The van der Waals surface area contributed by atoms with Crippen molar-refractivity contribution in [2.24, 2.45) is 0 Å². The van der Waals surface area contributed by atoms with Gasteiger partial charge in [-0.3, -0.25) is 10.1 Å². The van der Waals surface area contributed by atoms with Gasteiger partial charge in [0.2, 0.25) is 0 Å². The lowest BCUT2D eigenvalue weighted by atomic mass is 10.1. The van der Waals surface area contributed by atoms with E-state index in [4.69, 9.17) is 0 Å². The number of carbonyl (C=O) groups is 1. The Labute approximate surface area is 129 Å². The van der Waals surface area contributed by atoms with Crippen LogP contribution in [0.5, 0.6) is 0 Å². The number of hydrogen-bond donors (Lipinski definition) is 2. The second-order valence-electron chi connectivity index (χ2n) is 5.04. The molecule has 0 aliphatic rings. The van der Waals surface area contributed by atoms with E-state index in [1.807, 2.05) is 32.0 Å².